The molecule has 5 nitrogen and oxygen atoms in total. The third-order valence-electron chi connectivity index (χ3n) is 3.15. The van der Waals surface area contributed by atoms with Gasteiger partial charge in [0, 0.05) is 11.3 Å². The van der Waals surface area contributed by atoms with Gasteiger partial charge in [-0.3, -0.25) is 4.79 Å². The maximum atomic E-state index is 12.1. The summed E-state index contributed by atoms with van der Waals surface area (Å²) in [5.74, 6) is -1.50. The molecule has 0 aliphatic rings. The highest BCUT2D eigenvalue weighted by atomic mass is 35.5. The van der Waals surface area contributed by atoms with Crippen LogP contribution in [-0.4, -0.2) is 27.5 Å². The average Bonchev–Trinajstić information content (AvgIpc) is 2.34. The predicted octanol–water partition coefficient (Wildman–Crippen LogP) is 2.42. The van der Waals surface area contributed by atoms with E-state index in [0.717, 1.165) is 0 Å². The molecule has 1 aromatic rings. The van der Waals surface area contributed by atoms with Gasteiger partial charge in [0.05, 0.1) is 0 Å². The molecule has 19 heavy (non-hydrogen) atoms. The van der Waals surface area contributed by atoms with Gasteiger partial charge in [-0.2, -0.15) is 0 Å². The smallest absolute Gasteiger partial charge is 0.329 e. The maximum Gasteiger partial charge on any atom is 0.329 e. The minimum absolute atomic E-state index is 0.207. The van der Waals surface area contributed by atoms with Crippen molar-refractivity contribution in [1.29, 1.82) is 0 Å². The van der Waals surface area contributed by atoms with E-state index >= 15 is 0 Å². The van der Waals surface area contributed by atoms with E-state index in [4.69, 9.17) is 11.6 Å². The van der Waals surface area contributed by atoms with Gasteiger partial charge in [0.1, 0.15) is 10.7 Å². The summed E-state index contributed by atoms with van der Waals surface area (Å²) in [6, 6.07) is 2.99. The van der Waals surface area contributed by atoms with Crippen molar-refractivity contribution in [2.24, 2.45) is 0 Å². The molecule has 0 fully saturated rings. The highest BCUT2D eigenvalue weighted by molar-refractivity contribution is 6.29. The Bertz CT molecular complexity index is 478. The van der Waals surface area contributed by atoms with E-state index in [0.29, 0.717) is 24.1 Å². The Morgan fingerprint density at radius 3 is 2.37 bits per heavy atom. The first-order chi connectivity index (χ1) is 8.84. The number of carbonyl (C=O) groups is 2. The standard InChI is InChI=1S/C13H17ClN2O3/c1-4-13(5-2,12(18)19)16-11(17)9-6-8(3)15-10(14)7-9/h6-7H,4-5H2,1-3H3,(H,16,17)(H,18,19). The van der Waals surface area contributed by atoms with Crippen molar-refractivity contribution < 1.29 is 14.7 Å². The zero-order chi connectivity index (χ0) is 14.6. The van der Waals surface area contributed by atoms with Gasteiger partial charge in [-0.1, -0.05) is 25.4 Å². The first-order valence-corrected chi connectivity index (χ1v) is 6.42. The van der Waals surface area contributed by atoms with Gasteiger partial charge in [-0.05, 0) is 31.9 Å². The summed E-state index contributed by atoms with van der Waals surface area (Å²) in [6.07, 6.45) is 0.616. The third-order valence-corrected chi connectivity index (χ3v) is 3.35. The molecule has 2 N–H and O–H groups in total. The number of aromatic nitrogens is 1. The van der Waals surface area contributed by atoms with Crippen LogP contribution in [-0.2, 0) is 4.79 Å². The van der Waals surface area contributed by atoms with Crippen LogP contribution >= 0.6 is 11.6 Å². The molecular formula is C13H17ClN2O3. The number of halogens is 1. The van der Waals surface area contributed by atoms with Gasteiger partial charge in [-0.25, -0.2) is 9.78 Å². The zero-order valence-corrected chi connectivity index (χ0v) is 11.9. The number of carbonyl (C=O) groups excluding carboxylic acids is 1. The molecule has 1 aromatic heterocycles. The Kier molecular flexibility index (Phi) is 4.89. The van der Waals surface area contributed by atoms with Crippen molar-refractivity contribution in [3.05, 3.63) is 28.5 Å². The molecule has 1 heterocycles. The van der Waals surface area contributed by atoms with E-state index in [9.17, 15) is 14.7 Å². The lowest BCUT2D eigenvalue weighted by atomic mass is 9.92. The third kappa shape index (κ3) is 3.44. The second-order valence-corrected chi connectivity index (χ2v) is 4.76. The Hall–Kier alpha value is -1.62. The minimum atomic E-state index is -1.25. The van der Waals surface area contributed by atoms with Crippen molar-refractivity contribution in [3.8, 4) is 0 Å². The Morgan fingerprint density at radius 2 is 1.95 bits per heavy atom. The number of aryl methyl sites for hydroxylation is 1. The number of amides is 1. The highest BCUT2D eigenvalue weighted by Crippen LogP contribution is 2.18. The van der Waals surface area contributed by atoms with Gasteiger partial charge < -0.3 is 10.4 Å². The van der Waals surface area contributed by atoms with Gasteiger partial charge >= 0.3 is 5.97 Å². The zero-order valence-electron chi connectivity index (χ0n) is 11.2. The number of aliphatic carboxylic acids is 1. The normalized spacial score (nSPS) is 11.2. The van der Waals surface area contributed by atoms with Crippen LogP contribution in [0.5, 0.6) is 0 Å². The van der Waals surface area contributed by atoms with E-state index in [2.05, 4.69) is 10.3 Å². The van der Waals surface area contributed by atoms with Crippen molar-refractivity contribution >= 4 is 23.5 Å². The van der Waals surface area contributed by atoms with Crippen LogP contribution in [0.3, 0.4) is 0 Å². The first-order valence-electron chi connectivity index (χ1n) is 6.04. The summed E-state index contributed by atoms with van der Waals surface area (Å²) in [6.45, 7) is 5.16. The molecule has 0 radical (unpaired) electrons. The van der Waals surface area contributed by atoms with Crippen molar-refractivity contribution in [2.75, 3.05) is 0 Å². The SMILES string of the molecule is CCC(CC)(NC(=O)c1cc(C)nc(Cl)c1)C(=O)O. The fourth-order valence-electron chi connectivity index (χ4n) is 1.83. The van der Waals surface area contributed by atoms with Crippen LogP contribution in [0.25, 0.3) is 0 Å². The predicted molar refractivity (Wildman–Crippen MR) is 72.4 cm³/mol. The van der Waals surface area contributed by atoms with Crippen LogP contribution in [0.2, 0.25) is 5.15 Å². The molecular weight excluding hydrogens is 268 g/mol. The Balaban J connectivity index is 3.03. The summed E-state index contributed by atoms with van der Waals surface area (Å²) in [5, 5.41) is 12.1. The van der Waals surface area contributed by atoms with E-state index in [1.165, 1.54) is 6.07 Å². The van der Waals surface area contributed by atoms with Crippen LogP contribution in [0.1, 0.15) is 42.7 Å². The average molecular weight is 285 g/mol. The molecule has 1 amide bonds. The molecule has 1 rings (SSSR count). The molecule has 6 heteroatoms. The molecule has 0 atom stereocenters. The Morgan fingerprint density at radius 1 is 1.37 bits per heavy atom. The van der Waals surface area contributed by atoms with Crippen molar-refractivity contribution in [2.45, 2.75) is 39.2 Å². The summed E-state index contributed by atoms with van der Waals surface area (Å²) in [4.78, 5) is 27.4. The number of hydrogen-bond acceptors (Lipinski definition) is 3. The van der Waals surface area contributed by atoms with Crippen LogP contribution in [0, 0.1) is 6.92 Å². The Labute approximate surface area is 117 Å². The van der Waals surface area contributed by atoms with Gasteiger partial charge in [0.2, 0.25) is 0 Å². The van der Waals surface area contributed by atoms with Crippen molar-refractivity contribution in [1.82, 2.24) is 10.3 Å². The van der Waals surface area contributed by atoms with Gasteiger partial charge in [0.25, 0.3) is 5.91 Å². The number of pyridine rings is 1. The summed E-state index contributed by atoms with van der Waals surface area (Å²) < 4.78 is 0. The van der Waals surface area contributed by atoms with E-state index in [1.54, 1.807) is 26.8 Å². The molecule has 104 valence electrons. The highest BCUT2D eigenvalue weighted by Gasteiger charge is 2.36. The molecule has 0 unspecified atom stereocenters. The second-order valence-electron chi connectivity index (χ2n) is 4.37. The lowest BCUT2D eigenvalue weighted by molar-refractivity contribution is -0.144. The van der Waals surface area contributed by atoms with Gasteiger partial charge in [-0.15, -0.1) is 0 Å². The number of carboxylic acids is 1. The molecule has 0 aliphatic carbocycles. The topological polar surface area (TPSA) is 79.3 Å². The summed E-state index contributed by atoms with van der Waals surface area (Å²) >= 11 is 5.79. The van der Waals surface area contributed by atoms with Crippen LogP contribution < -0.4 is 5.32 Å². The van der Waals surface area contributed by atoms with E-state index in [1.807, 2.05) is 0 Å². The van der Waals surface area contributed by atoms with Crippen molar-refractivity contribution in [3.63, 3.8) is 0 Å². The first kappa shape index (κ1) is 15.4. The molecule has 0 saturated heterocycles. The fourth-order valence-corrected chi connectivity index (χ4v) is 2.08. The number of nitrogens with zero attached hydrogens (tertiary/aromatic N) is 1. The van der Waals surface area contributed by atoms with Crippen LogP contribution in [0.4, 0.5) is 0 Å². The maximum absolute atomic E-state index is 12.1. The lowest BCUT2D eigenvalue weighted by Gasteiger charge is -2.28. The second kappa shape index (κ2) is 6.02. The number of hydrogen-bond donors (Lipinski definition) is 2. The summed E-state index contributed by atoms with van der Waals surface area (Å²) in [5.41, 5.74) is -0.336. The molecule has 0 aromatic carbocycles. The molecule has 0 spiro atoms. The molecule has 0 saturated carbocycles. The van der Waals surface area contributed by atoms with Crippen LogP contribution in [0.15, 0.2) is 12.1 Å². The lowest BCUT2D eigenvalue weighted by Crippen LogP contribution is -2.53. The number of nitrogens with one attached hydrogen (secondary N) is 1. The monoisotopic (exact) mass is 284 g/mol. The fraction of sp³-hybridized carbons (Fsp3) is 0.462. The quantitative estimate of drug-likeness (QED) is 0.814. The van der Waals surface area contributed by atoms with E-state index < -0.39 is 17.4 Å². The summed E-state index contributed by atoms with van der Waals surface area (Å²) in [7, 11) is 0. The minimum Gasteiger partial charge on any atom is -0.480 e. The van der Waals surface area contributed by atoms with E-state index in [-0.39, 0.29) is 5.15 Å². The number of rotatable bonds is 5. The largest absolute Gasteiger partial charge is 0.480 e. The molecule has 0 bridgehead atoms. The number of carboxylic acid groups (broad SMARTS) is 1. The van der Waals surface area contributed by atoms with Gasteiger partial charge in [0.15, 0.2) is 0 Å². The molecule has 0 aliphatic heterocycles.